The highest BCUT2D eigenvalue weighted by Crippen LogP contribution is 2.38. The van der Waals surface area contributed by atoms with Crippen LogP contribution < -0.4 is 9.64 Å². The van der Waals surface area contributed by atoms with Gasteiger partial charge in [0.2, 0.25) is 0 Å². The lowest BCUT2D eigenvalue weighted by Gasteiger charge is -2.37. The van der Waals surface area contributed by atoms with Gasteiger partial charge >= 0.3 is 0 Å². The van der Waals surface area contributed by atoms with Crippen molar-refractivity contribution in [2.24, 2.45) is 5.92 Å². The lowest BCUT2D eigenvalue weighted by atomic mass is 9.87. The largest absolute Gasteiger partial charge is 0.497 e. The van der Waals surface area contributed by atoms with E-state index < -0.39 is 0 Å². The molecule has 2 aromatic rings. The highest BCUT2D eigenvalue weighted by atomic mass is 19.1. The van der Waals surface area contributed by atoms with Gasteiger partial charge in [-0.3, -0.25) is 0 Å². The SMILES string of the molecule is COc1ccc(N2C=CC[C@H](C=O)[C@H]2c2ccccc2F)cc1. The van der Waals surface area contributed by atoms with Crippen molar-refractivity contribution in [3.63, 3.8) is 0 Å². The van der Waals surface area contributed by atoms with E-state index in [1.807, 2.05) is 41.4 Å². The minimum Gasteiger partial charge on any atom is -0.497 e. The van der Waals surface area contributed by atoms with E-state index >= 15 is 0 Å². The van der Waals surface area contributed by atoms with Crippen molar-refractivity contribution in [3.05, 3.63) is 72.2 Å². The maximum Gasteiger partial charge on any atom is 0.128 e. The van der Waals surface area contributed by atoms with Gasteiger partial charge in [0.25, 0.3) is 0 Å². The molecule has 3 nitrogen and oxygen atoms in total. The summed E-state index contributed by atoms with van der Waals surface area (Å²) in [6.07, 6.45) is 5.38. The number of allylic oxidation sites excluding steroid dienone is 1. The molecule has 0 radical (unpaired) electrons. The monoisotopic (exact) mass is 311 g/mol. The smallest absolute Gasteiger partial charge is 0.128 e. The van der Waals surface area contributed by atoms with Crippen LogP contribution >= 0.6 is 0 Å². The first-order chi connectivity index (χ1) is 11.2. The molecule has 2 aromatic carbocycles. The van der Waals surface area contributed by atoms with Gasteiger partial charge in [0.1, 0.15) is 17.9 Å². The summed E-state index contributed by atoms with van der Waals surface area (Å²) >= 11 is 0. The normalized spacial score (nSPS) is 20.3. The number of methoxy groups -OCH3 is 1. The minimum atomic E-state index is -0.355. The van der Waals surface area contributed by atoms with Gasteiger partial charge in [0.05, 0.1) is 13.2 Å². The lowest BCUT2D eigenvalue weighted by molar-refractivity contribution is -0.111. The molecule has 0 aliphatic carbocycles. The molecule has 118 valence electrons. The Morgan fingerprint density at radius 2 is 1.91 bits per heavy atom. The Balaban J connectivity index is 2.04. The molecule has 0 amide bonds. The van der Waals surface area contributed by atoms with E-state index in [1.165, 1.54) is 6.07 Å². The second-order valence-corrected chi connectivity index (χ2v) is 5.49. The average molecular weight is 311 g/mol. The van der Waals surface area contributed by atoms with E-state index in [9.17, 15) is 9.18 Å². The van der Waals surface area contributed by atoms with E-state index in [0.717, 1.165) is 17.7 Å². The van der Waals surface area contributed by atoms with Crippen LogP contribution in [0.2, 0.25) is 0 Å². The van der Waals surface area contributed by atoms with Crippen LogP contribution in [0.25, 0.3) is 0 Å². The van der Waals surface area contributed by atoms with Crippen LogP contribution in [0.15, 0.2) is 60.8 Å². The van der Waals surface area contributed by atoms with Gasteiger partial charge in [-0.2, -0.15) is 0 Å². The molecule has 4 heteroatoms. The van der Waals surface area contributed by atoms with Crippen molar-refractivity contribution < 1.29 is 13.9 Å². The highest BCUT2D eigenvalue weighted by molar-refractivity contribution is 5.63. The third-order valence-electron chi connectivity index (χ3n) is 4.15. The number of nitrogens with zero attached hydrogens (tertiary/aromatic N) is 1. The van der Waals surface area contributed by atoms with Crippen LogP contribution in [0.1, 0.15) is 18.0 Å². The van der Waals surface area contributed by atoms with Gasteiger partial charge in [-0.15, -0.1) is 0 Å². The van der Waals surface area contributed by atoms with E-state index in [1.54, 1.807) is 25.3 Å². The Hall–Kier alpha value is -2.62. The number of rotatable bonds is 4. The van der Waals surface area contributed by atoms with Crippen LogP contribution in [0.5, 0.6) is 5.75 Å². The number of halogens is 1. The standard InChI is InChI=1S/C19H18FNO2/c1-23-16-10-8-15(9-11-16)21-12-4-5-14(13-22)19(21)17-6-2-3-7-18(17)20/h2-4,6-14,19H,5H2,1H3/t14-,19+/m1/s1. The molecule has 0 saturated carbocycles. The number of benzene rings is 2. The summed E-state index contributed by atoms with van der Waals surface area (Å²) in [7, 11) is 1.61. The summed E-state index contributed by atoms with van der Waals surface area (Å²) in [4.78, 5) is 13.5. The summed E-state index contributed by atoms with van der Waals surface area (Å²) in [5.41, 5.74) is 1.42. The van der Waals surface area contributed by atoms with Crippen molar-refractivity contribution in [2.45, 2.75) is 12.5 Å². The zero-order valence-corrected chi connectivity index (χ0v) is 12.9. The number of ether oxygens (including phenoxy) is 1. The highest BCUT2D eigenvalue weighted by Gasteiger charge is 2.32. The van der Waals surface area contributed by atoms with Gasteiger partial charge in [-0.05, 0) is 36.8 Å². The molecule has 0 spiro atoms. The van der Waals surface area contributed by atoms with Crippen LogP contribution in [0, 0.1) is 11.7 Å². The van der Waals surface area contributed by atoms with Crippen molar-refractivity contribution in [3.8, 4) is 5.75 Å². The molecule has 1 heterocycles. The van der Waals surface area contributed by atoms with Gasteiger partial charge in [-0.25, -0.2) is 4.39 Å². The van der Waals surface area contributed by atoms with Gasteiger partial charge in [0.15, 0.2) is 0 Å². The topological polar surface area (TPSA) is 29.5 Å². The maximum absolute atomic E-state index is 14.3. The quantitative estimate of drug-likeness (QED) is 0.796. The van der Waals surface area contributed by atoms with Gasteiger partial charge < -0.3 is 14.4 Å². The number of hydrogen-bond donors (Lipinski definition) is 0. The molecule has 2 atom stereocenters. The van der Waals surface area contributed by atoms with Gasteiger partial charge in [-0.1, -0.05) is 24.3 Å². The average Bonchev–Trinajstić information content (AvgIpc) is 2.61. The number of carbonyl (C=O) groups excluding carboxylic acids is 1. The van der Waals surface area contributed by atoms with Crippen molar-refractivity contribution in [1.29, 1.82) is 0 Å². The molecule has 0 N–H and O–H groups in total. The van der Waals surface area contributed by atoms with E-state index in [2.05, 4.69) is 0 Å². The van der Waals surface area contributed by atoms with E-state index in [4.69, 9.17) is 4.74 Å². The predicted molar refractivity (Wildman–Crippen MR) is 87.9 cm³/mol. The Kier molecular flexibility index (Phi) is 4.42. The predicted octanol–water partition coefficient (Wildman–Crippen LogP) is 4.11. The fourth-order valence-electron chi connectivity index (χ4n) is 2.99. The van der Waals surface area contributed by atoms with E-state index in [0.29, 0.717) is 12.0 Å². The second-order valence-electron chi connectivity index (χ2n) is 5.49. The molecule has 23 heavy (non-hydrogen) atoms. The van der Waals surface area contributed by atoms with E-state index in [-0.39, 0.29) is 17.8 Å². The molecule has 0 aromatic heterocycles. The molecular weight excluding hydrogens is 293 g/mol. The zero-order chi connectivity index (χ0) is 16.2. The Labute approximate surface area is 135 Å². The fourth-order valence-corrected chi connectivity index (χ4v) is 2.99. The summed E-state index contributed by atoms with van der Waals surface area (Å²) in [6, 6.07) is 13.8. The van der Waals surface area contributed by atoms with Crippen LogP contribution in [-0.4, -0.2) is 13.4 Å². The number of hydrogen-bond acceptors (Lipinski definition) is 3. The van der Waals surface area contributed by atoms with Crippen LogP contribution in [0.4, 0.5) is 10.1 Å². The first kappa shape index (κ1) is 15.3. The number of aldehydes is 1. The zero-order valence-electron chi connectivity index (χ0n) is 12.9. The number of anilines is 1. The van der Waals surface area contributed by atoms with Crippen LogP contribution in [0.3, 0.4) is 0 Å². The van der Waals surface area contributed by atoms with Crippen LogP contribution in [-0.2, 0) is 4.79 Å². The first-order valence-corrected chi connectivity index (χ1v) is 7.53. The Morgan fingerprint density at radius 3 is 2.57 bits per heavy atom. The molecule has 0 fully saturated rings. The summed E-state index contributed by atoms with van der Waals surface area (Å²) in [5.74, 6) is 0.168. The Morgan fingerprint density at radius 1 is 1.17 bits per heavy atom. The van der Waals surface area contributed by atoms with Crippen molar-refractivity contribution in [1.82, 2.24) is 0 Å². The third-order valence-corrected chi connectivity index (χ3v) is 4.15. The lowest BCUT2D eigenvalue weighted by Crippen LogP contribution is -2.33. The molecular formula is C19H18FNO2. The molecule has 3 rings (SSSR count). The molecule has 0 unspecified atom stereocenters. The second kappa shape index (κ2) is 6.65. The minimum absolute atomic E-state index is 0.293. The number of carbonyl (C=O) groups is 1. The summed E-state index contributed by atoms with van der Waals surface area (Å²) < 4.78 is 19.5. The van der Waals surface area contributed by atoms with Crippen molar-refractivity contribution in [2.75, 3.05) is 12.0 Å². The summed E-state index contributed by atoms with van der Waals surface area (Å²) in [6.45, 7) is 0. The Bertz CT molecular complexity index is 712. The molecule has 1 aliphatic heterocycles. The molecule has 1 aliphatic rings. The molecule has 0 bridgehead atoms. The fraction of sp³-hybridized carbons (Fsp3) is 0.211. The summed E-state index contributed by atoms with van der Waals surface area (Å²) in [5, 5.41) is 0. The van der Waals surface area contributed by atoms with Crippen molar-refractivity contribution >= 4 is 12.0 Å². The first-order valence-electron chi connectivity index (χ1n) is 7.53. The molecule has 0 saturated heterocycles. The van der Waals surface area contributed by atoms with Gasteiger partial charge in [0, 0.05) is 23.4 Å². The third kappa shape index (κ3) is 2.97. The maximum atomic E-state index is 14.3.